The summed E-state index contributed by atoms with van der Waals surface area (Å²) in [6.45, 7) is 1.36. The third-order valence-corrected chi connectivity index (χ3v) is 2.37. The Bertz CT molecular complexity index is 137. The Morgan fingerprint density at radius 3 is 3.00 bits per heavy atom. The minimum atomic E-state index is -0.641. The van der Waals surface area contributed by atoms with Crippen LogP contribution in [0, 0.1) is 0 Å². The Morgan fingerprint density at radius 2 is 2.25 bits per heavy atom. The molecule has 0 radical (unpaired) electrons. The van der Waals surface area contributed by atoms with Gasteiger partial charge in [-0.25, -0.2) is 0 Å². The second kappa shape index (κ2) is 4.58. The summed E-state index contributed by atoms with van der Waals surface area (Å²) in [6, 6.07) is 0. The van der Waals surface area contributed by atoms with Crippen LogP contribution in [0.15, 0.2) is 0 Å². The van der Waals surface area contributed by atoms with E-state index in [9.17, 15) is 9.90 Å². The lowest BCUT2D eigenvalue weighted by Crippen LogP contribution is -2.28. The van der Waals surface area contributed by atoms with Gasteiger partial charge in [0, 0.05) is 19.6 Å². The van der Waals surface area contributed by atoms with Gasteiger partial charge in [0.1, 0.15) is 6.29 Å². The van der Waals surface area contributed by atoms with E-state index < -0.39 is 5.60 Å². The molecule has 0 bridgehead atoms. The molecule has 0 spiro atoms. The molecule has 12 heavy (non-hydrogen) atoms. The maximum absolute atomic E-state index is 10.1. The Kier molecular flexibility index (Phi) is 3.69. The normalized spacial score (nSPS) is 31.1. The summed E-state index contributed by atoms with van der Waals surface area (Å²) < 4.78 is 5.22. The SMILES string of the molecule is O=CCCC1(O)CCCOCC1. The first-order valence-electron chi connectivity index (χ1n) is 4.51. The molecule has 1 aliphatic rings. The zero-order valence-corrected chi connectivity index (χ0v) is 7.29. The average Bonchev–Trinajstić information content (AvgIpc) is 2.27. The molecule has 3 heteroatoms. The zero-order valence-electron chi connectivity index (χ0n) is 7.29. The number of rotatable bonds is 3. The van der Waals surface area contributed by atoms with Gasteiger partial charge in [-0.3, -0.25) is 0 Å². The number of carbonyl (C=O) groups is 1. The Balaban J connectivity index is 2.36. The Morgan fingerprint density at radius 1 is 1.42 bits per heavy atom. The maximum Gasteiger partial charge on any atom is 0.120 e. The van der Waals surface area contributed by atoms with Crippen molar-refractivity contribution < 1.29 is 14.6 Å². The highest BCUT2D eigenvalue weighted by Crippen LogP contribution is 2.25. The molecule has 3 nitrogen and oxygen atoms in total. The van der Waals surface area contributed by atoms with Crippen LogP contribution in [-0.4, -0.2) is 30.2 Å². The Hall–Kier alpha value is -0.410. The van der Waals surface area contributed by atoms with Crippen LogP contribution < -0.4 is 0 Å². The number of aldehydes is 1. The summed E-state index contributed by atoms with van der Waals surface area (Å²) in [5, 5.41) is 9.94. The van der Waals surface area contributed by atoms with E-state index >= 15 is 0 Å². The molecule has 0 aromatic rings. The second-order valence-corrected chi connectivity index (χ2v) is 3.40. The lowest BCUT2D eigenvalue weighted by Gasteiger charge is -2.24. The first-order valence-corrected chi connectivity index (χ1v) is 4.51. The van der Waals surface area contributed by atoms with E-state index in [1.807, 2.05) is 0 Å². The van der Waals surface area contributed by atoms with Gasteiger partial charge in [-0.2, -0.15) is 0 Å². The summed E-state index contributed by atoms with van der Waals surface area (Å²) in [4.78, 5) is 10.1. The molecule has 0 amide bonds. The number of carbonyl (C=O) groups excluding carboxylic acids is 1. The molecule has 1 N–H and O–H groups in total. The smallest absolute Gasteiger partial charge is 0.120 e. The minimum Gasteiger partial charge on any atom is -0.390 e. The molecule has 1 saturated heterocycles. The molecule has 1 rings (SSSR count). The summed E-state index contributed by atoms with van der Waals surface area (Å²) in [5.74, 6) is 0. The summed E-state index contributed by atoms with van der Waals surface area (Å²) in [7, 11) is 0. The maximum atomic E-state index is 10.1. The van der Waals surface area contributed by atoms with Crippen molar-refractivity contribution in [1.82, 2.24) is 0 Å². The number of hydrogen-bond donors (Lipinski definition) is 1. The Labute approximate surface area is 72.7 Å². The van der Waals surface area contributed by atoms with Crippen LogP contribution in [0.1, 0.15) is 32.1 Å². The third-order valence-electron chi connectivity index (χ3n) is 2.37. The highest BCUT2D eigenvalue weighted by Gasteiger charge is 2.27. The van der Waals surface area contributed by atoms with Gasteiger partial charge in [0.05, 0.1) is 5.60 Å². The molecule has 1 atom stereocenters. The number of ether oxygens (including phenoxy) is 1. The van der Waals surface area contributed by atoms with Crippen molar-refractivity contribution in [1.29, 1.82) is 0 Å². The fourth-order valence-corrected chi connectivity index (χ4v) is 1.57. The molecule has 1 heterocycles. The van der Waals surface area contributed by atoms with Crippen LogP contribution in [-0.2, 0) is 9.53 Å². The van der Waals surface area contributed by atoms with Gasteiger partial charge in [-0.1, -0.05) is 0 Å². The first-order chi connectivity index (χ1) is 5.77. The van der Waals surface area contributed by atoms with Gasteiger partial charge in [-0.15, -0.1) is 0 Å². The monoisotopic (exact) mass is 172 g/mol. The molecule has 0 saturated carbocycles. The summed E-state index contributed by atoms with van der Waals surface area (Å²) in [5.41, 5.74) is -0.641. The summed E-state index contributed by atoms with van der Waals surface area (Å²) in [6.07, 6.45) is 4.23. The first kappa shape index (κ1) is 9.68. The van der Waals surface area contributed by atoms with Gasteiger partial charge < -0.3 is 14.6 Å². The quantitative estimate of drug-likeness (QED) is 0.643. The predicted molar refractivity (Wildman–Crippen MR) is 44.9 cm³/mol. The molecule has 0 aromatic heterocycles. The van der Waals surface area contributed by atoms with Crippen LogP contribution in [0.2, 0.25) is 0 Å². The molecule has 70 valence electrons. The number of hydrogen-bond acceptors (Lipinski definition) is 3. The van der Waals surface area contributed by atoms with Gasteiger partial charge in [0.25, 0.3) is 0 Å². The lowest BCUT2D eigenvalue weighted by atomic mass is 9.90. The van der Waals surface area contributed by atoms with E-state index in [-0.39, 0.29) is 0 Å². The highest BCUT2D eigenvalue weighted by atomic mass is 16.5. The minimum absolute atomic E-state index is 0.455. The van der Waals surface area contributed by atoms with Crippen molar-refractivity contribution in [3.63, 3.8) is 0 Å². The van der Waals surface area contributed by atoms with Crippen molar-refractivity contribution in [3.05, 3.63) is 0 Å². The van der Waals surface area contributed by atoms with Crippen molar-refractivity contribution in [2.75, 3.05) is 13.2 Å². The molecular weight excluding hydrogens is 156 g/mol. The van der Waals surface area contributed by atoms with E-state index in [1.165, 1.54) is 0 Å². The van der Waals surface area contributed by atoms with Gasteiger partial charge >= 0.3 is 0 Å². The van der Waals surface area contributed by atoms with Crippen molar-refractivity contribution in [2.45, 2.75) is 37.7 Å². The lowest BCUT2D eigenvalue weighted by molar-refractivity contribution is -0.109. The van der Waals surface area contributed by atoms with E-state index in [0.717, 1.165) is 25.7 Å². The molecular formula is C9H16O3. The standard InChI is InChI=1S/C9H16O3/c10-6-1-3-9(11)4-2-7-12-8-5-9/h6,11H,1-5,7-8H2. The molecule has 1 aliphatic heterocycles. The van der Waals surface area contributed by atoms with Crippen LogP contribution >= 0.6 is 0 Å². The highest BCUT2D eigenvalue weighted by molar-refractivity contribution is 5.49. The van der Waals surface area contributed by atoms with E-state index in [2.05, 4.69) is 0 Å². The topological polar surface area (TPSA) is 46.5 Å². The molecule has 1 fully saturated rings. The van der Waals surface area contributed by atoms with Gasteiger partial charge in [0.15, 0.2) is 0 Å². The van der Waals surface area contributed by atoms with Crippen LogP contribution in [0.25, 0.3) is 0 Å². The van der Waals surface area contributed by atoms with Crippen LogP contribution in [0.3, 0.4) is 0 Å². The predicted octanol–water partition coefficient (Wildman–Crippen LogP) is 0.897. The average molecular weight is 172 g/mol. The zero-order chi connectivity index (χ0) is 8.86. The molecule has 0 aromatic carbocycles. The molecule has 1 unspecified atom stereocenters. The van der Waals surface area contributed by atoms with E-state index in [1.54, 1.807) is 0 Å². The van der Waals surface area contributed by atoms with Crippen molar-refractivity contribution >= 4 is 6.29 Å². The van der Waals surface area contributed by atoms with Crippen LogP contribution in [0.4, 0.5) is 0 Å². The van der Waals surface area contributed by atoms with Crippen molar-refractivity contribution in [3.8, 4) is 0 Å². The van der Waals surface area contributed by atoms with Gasteiger partial charge in [-0.05, 0) is 25.7 Å². The van der Waals surface area contributed by atoms with Crippen LogP contribution in [0.5, 0.6) is 0 Å². The second-order valence-electron chi connectivity index (χ2n) is 3.40. The van der Waals surface area contributed by atoms with Crippen molar-refractivity contribution in [2.24, 2.45) is 0 Å². The van der Waals surface area contributed by atoms with Gasteiger partial charge in [0.2, 0.25) is 0 Å². The summed E-state index contributed by atoms with van der Waals surface area (Å²) >= 11 is 0. The fraction of sp³-hybridized carbons (Fsp3) is 0.889. The van der Waals surface area contributed by atoms with E-state index in [0.29, 0.717) is 25.9 Å². The molecule has 0 aliphatic carbocycles. The number of aliphatic hydroxyl groups is 1. The fourth-order valence-electron chi connectivity index (χ4n) is 1.57. The van der Waals surface area contributed by atoms with E-state index in [4.69, 9.17) is 4.74 Å². The largest absolute Gasteiger partial charge is 0.390 e. The third kappa shape index (κ3) is 2.91.